The van der Waals surface area contributed by atoms with E-state index in [4.69, 9.17) is 11.6 Å². The van der Waals surface area contributed by atoms with Gasteiger partial charge in [-0.15, -0.1) is 0 Å². The van der Waals surface area contributed by atoms with Gasteiger partial charge in [-0.05, 0) is 50.9 Å². The summed E-state index contributed by atoms with van der Waals surface area (Å²) in [7, 11) is 14.0. The van der Waals surface area contributed by atoms with Crippen LogP contribution in [0.1, 0.15) is 0 Å². The molecule has 25 heavy (non-hydrogen) atoms. The zero-order valence-corrected chi connectivity index (χ0v) is 14.4. The molecule has 0 heterocycles. The Morgan fingerprint density at radius 1 is 0.600 bits per heavy atom. The average Bonchev–Trinajstić information content (AvgIpc) is 2.61. The summed E-state index contributed by atoms with van der Waals surface area (Å²) in [5.74, 6) is 0. The number of hydrogen-bond acceptors (Lipinski definition) is 0. The molecule has 0 bridgehead atoms. The van der Waals surface area contributed by atoms with Crippen LogP contribution in [0.15, 0.2) is 78.9 Å². The summed E-state index contributed by atoms with van der Waals surface area (Å²) in [5.41, 5.74) is 2.35. The minimum atomic E-state index is -0.667. The number of benzene rings is 4. The summed E-state index contributed by atoms with van der Waals surface area (Å²) in [6.07, 6.45) is -0.667. The van der Waals surface area contributed by atoms with E-state index in [0.717, 1.165) is 10.6 Å². The molecule has 0 aromatic heterocycles. The lowest BCUT2D eigenvalue weighted by Gasteiger charge is -2.07. The van der Waals surface area contributed by atoms with Crippen molar-refractivity contribution in [3.8, 4) is 11.1 Å². The van der Waals surface area contributed by atoms with Gasteiger partial charge in [0.1, 0.15) is 0 Å². The summed E-state index contributed by atoms with van der Waals surface area (Å²) in [5, 5.41) is 5.88. The summed E-state index contributed by atoms with van der Waals surface area (Å²) < 4.78 is 0. The highest BCUT2D eigenvalue weighted by atomic mass is 35.5. The molecule has 4 aromatic rings. The molecule has 0 nitrogen and oxygen atoms in total. The van der Waals surface area contributed by atoms with Crippen LogP contribution in [0.2, 0.25) is 5.02 Å². The molecule has 6 radical (unpaired) electrons. The van der Waals surface area contributed by atoms with Gasteiger partial charge in [-0.2, -0.15) is 0 Å². The Balaban J connectivity index is 0.000000415. The maximum atomic E-state index is 6.11. The number of rotatable bonds is 1. The SMILES string of the molecule is Clc1cccc(-c2ccc3ccc4ccccc4c3c2)c1.[B]B([B])[B]. The molecule has 0 aliphatic heterocycles. The predicted molar refractivity (Wildman–Crippen MR) is 115 cm³/mol. The largest absolute Gasteiger partial charge is 0.0843 e. The van der Waals surface area contributed by atoms with Crippen molar-refractivity contribution in [1.29, 1.82) is 0 Å². The normalized spacial score (nSPS) is 10.3. The van der Waals surface area contributed by atoms with E-state index in [1.807, 2.05) is 18.2 Å². The molecule has 0 N–H and O–H groups in total. The summed E-state index contributed by atoms with van der Waals surface area (Å²) >= 11 is 6.11. The van der Waals surface area contributed by atoms with Crippen molar-refractivity contribution >= 4 is 62.7 Å². The van der Waals surface area contributed by atoms with Crippen LogP contribution < -0.4 is 0 Å². The van der Waals surface area contributed by atoms with Crippen molar-refractivity contribution in [2.24, 2.45) is 0 Å². The molecule has 0 atom stereocenters. The first-order chi connectivity index (χ1) is 12.0. The van der Waals surface area contributed by atoms with E-state index in [2.05, 4.69) is 83.9 Å². The van der Waals surface area contributed by atoms with Crippen molar-refractivity contribution in [1.82, 2.24) is 0 Å². The van der Waals surface area contributed by atoms with E-state index in [9.17, 15) is 0 Å². The highest BCUT2D eigenvalue weighted by molar-refractivity contribution is 7.49. The van der Waals surface area contributed by atoms with Gasteiger partial charge in [0.05, 0.1) is 0 Å². The summed E-state index contributed by atoms with van der Waals surface area (Å²) in [6.45, 7) is 0. The fraction of sp³-hybridized carbons (Fsp3) is 0. The van der Waals surface area contributed by atoms with Gasteiger partial charge in [-0.25, -0.2) is 0 Å². The highest BCUT2D eigenvalue weighted by Gasteiger charge is 2.03. The molecule has 4 aromatic carbocycles. The van der Waals surface area contributed by atoms with Gasteiger partial charge >= 0.3 is 0 Å². The first-order valence-corrected chi connectivity index (χ1v) is 8.36. The maximum Gasteiger partial charge on any atom is 0.0412 e. The molecule has 4 rings (SSSR count). The van der Waals surface area contributed by atoms with Gasteiger partial charge in [-0.3, -0.25) is 0 Å². The van der Waals surface area contributed by atoms with Crippen LogP contribution in [0, 0.1) is 0 Å². The molecule has 0 spiro atoms. The number of hydrogen-bond donors (Lipinski definition) is 0. The molecule has 0 aliphatic rings. The van der Waals surface area contributed by atoms with Gasteiger partial charge in [0.25, 0.3) is 0 Å². The van der Waals surface area contributed by atoms with E-state index in [1.165, 1.54) is 27.1 Å². The van der Waals surface area contributed by atoms with Crippen molar-refractivity contribution in [2.45, 2.75) is 0 Å². The quantitative estimate of drug-likeness (QED) is 0.347. The van der Waals surface area contributed by atoms with E-state index in [0.29, 0.717) is 0 Å². The molecule has 5 heteroatoms. The molecule has 0 unspecified atom stereocenters. The molecule has 0 aliphatic carbocycles. The van der Waals surface area contributed by atoms with Gasteiger partial charge in [-0.1, -0.05) is 72.3 Å². The molecular formula is C20H13B4Cl. The van der Waals surface area contributed by atoms with Crippen LogP contribution >= 0.6 is 11.6 Å². The van der Waals surface area contributed by atoms with Crippen LogP contribution in [-0.2, 0) is 0 Å². The monoisotopic (exact) mass is 332 g/mol. The Kier molecular flexibility index (Phi) is 5.60. The molecule has 0 saturated heterocycles. The van der Waals surface area contributed by atoms with Crippen LogP contribution in [0.4, 0.5) is 0 Å². The third-order valence-corrected chi connectivity index (χ3v) is 4.14. The summed E-state index contributed by atoms with van der Waals surface area (Å²) in [6, 6.07) is 27.4. The van der Waals surface area contributed by atoms with E-state index < -0.39 is 6.39 Å². The second-order valence-electron chi connectivity index (χ2n) is 5.81. The molecule has 0 fully saturated rings. The molecule has 0 saturated carbocycles. The van der Waals surface area contributed by atoms with E-state index in [1.54, 1.807) is 0 Å². The van der Waals surface area contributed by atoms with Crippen molar-refractivity contribution in [3.05, 3.63) is 83.9 Å². The third kappa shape index (κ3) is 4.32. The minimum Gasteiger partial charge on any atom is -0.0843 e. The van der Waals surface area contributed by atoms with Gasteiger partial charge in [0, 0.05) is 34.6 Å². The molecule has 112 valence electrons. The fourth-order valence-corrected chi connectivity index (χ4v) is 3.04. The van der Waals surface area contributed by atoms with Crippen LogP contribution in [0.25, 0.3) is 32.7 Å². The first kappa shape index (κ1) is 17.8. The maximum absolute atomic E-state index is 6.11. The Morgan fingerprint density at radius 3 is 1.92 bits per heavy atom. The second kappa shape index (κ2) is 7.89. The Bertz CT molecular complexity index is 1010. The van der Waals surface area contributed by atoms with Gasteiger partial charge in [0.2, 0.25) is 0 Å². The van der Waals surface area contributed by atoms with Crippen LogP contribution in [0.3, 0.4) is 0 Å². The Morgan fingerprint density at radius 2 is 1.20 bits per heavy atom. The average molecular weight is 332 g/mol. The van der Waals surface area contributed by atoms with Gasteiger partial charge in [0.15, 0.2) is 0 Å². The topological polar surface area (TPSA) is 0 Å². The summed E-state index contributed by atoms with van der Waals surface area (Å²) in [4.78, 5) is 0. The van der Waals surface area contributed by atoms with Crippen molar-refractivity contribution in [2.75, 3.05) is 0 Å². The molecular weight excluding hydrogens is 319 g/mol. The lowest BCUT2D eigenvalue weighted by atomic mass is 9.08. The van der Waals surface area contributed by atoms with Gasteiger partial charge < -0.3 is 0 Å². The predicted octanol–water partition coefficient (Wildman–Crippen LogP) is 4.79. The minimum absolute atomic E-state index is 0.667. The smallest absolute Gasteiger partial charge is 0.0412 e. The standard InChI is InChI=1S/C20H13Cl.B4/c21-18-6-3-5-16(12-18)17-11-10-15-9-8-14-4-1-2-7-19(14)20(15)13-17;1-4(2)3/h1-13H;. The van der Waals surface area contributed by atoms with Crippen LogP contribution in [0.5, 0.6) is 0 Å². The molecule has 0 amide bonds. The van der Waals surface area contributed by atoms with E-state index >= 15 is 0 Å². The third-order valence-electron chi connectivity index (χ3n) is 3.90. The lowest BCUT2D eigenvalue weighted by molar-refractivity contribution is 1.65. The lowest BCUT2D eigenvalue weighted by Crippen LogP contribution is -2.11. The zero-order valence-electron chi connectivity index (χ0n) is 13.7. The Hall–Kier alpha value is -2.05. The Labute approximate surface area is 157 Å². The second-order valence-corrected chi connectivity index (χ2v) is 6.25. The van der Waals surface area contributed by atoms with Crippen molar-refractivity contribution in [3.63, 3.8) is 0 Å². The number of fused-ring (bicyclic) bond motifs is 3. The van der Waals surface area contributed by atoms with E-state index in [-0.39, 0.29) is 0 Å². The number of halogens is 1. The van der Waals surface area contributed by atoms with Crippen molar-refractivity contribution < 1.29 is 0 Å². The zero-order chi connectivity index (χ0) is 17.8. The first-order valence-electron chi connectivity index (χ1n) is 7.99. The fourth-order valence-electron chi connectivity index (χ4n) is 2.85. The highest BCUT2D eigenvalue weighted by Crippen LogP contribution is 2.30. The van der Waals surface area contributed by atoms with Crippen LogP contribution in [-0.4, -0.2) is 29.6 Å².